The van der Waals surface area contributed by atoms with Crippen molar-refractivity contribution >= 4 is 17.4 Å². The van der Waals surface area contributed by atoms with Crippen molar-refractivity contribution in [3.8, 4) is 0 Å². The van der Waals surface area contributed by atoms with Gasteiger partial charge in [-0.1, -0.05) is 32.5 Å². The Morgan fingerprint density at radius 1 is 1.42 bits per heavy atom. The van der Waals surface area contributed by atoms with Gasteiger partial charge in [-0.2, -0.15) is 0 Å². The van der Waals surface area contributed by atoms with Crippen LogP contribution in [0, 0.1) is 0 Å². The third-order valence-corrected chi connectivity index (χ3v) is 2.35. The quantitative estimate of drug-likeness (QED) is 0.678. The Bertz CT molecular complexity index is 265. The molecule has 0 aliphatic heterocycles. The standard InChI is InChI=1S/C9H14N2S/c1-9(2,3)12-8-7(10)5-4-6-11-8/h4-6H,10H2,1-3H3. The average molecular weight is 182 g/mol. The van der Waals surface area contributed by atoms with Gasteiger partial charge in [0.25, 0.3) is 0 Å². The highest BCUT2D eigenvalue weighted by molar-refractivity contribution is 8.00. The third-order valence-electron chi connectivity index (χ3n) is 1.20. The Hall–Kier alpha value is -0.700. The molecule has 0 bridgehead atoms. The second kappa shape index (κ2) is 3.35. The minimum Gasteiger partial charge on any atom is -0.397 e. The van der Waals surface area contributed by atoms with Gasteiger partial charge in [-0.15, -0.1) is 0 Å². The van der Waals surface area contributed by atoms with E-state index < -0.39 is 0 Å². The number of nitrogen functional groups attached to an aromatic ring is 1. The molecule has 1 aromatic heterocycles. The van der Waals surface area contributed by atoms with Crippen LogP contribution < -0.4 is 5.73 Å². The molecule has 1 heterocycles. The number of hydrogen-bond donors (Lipinski definition) is 1. The Balaban J connectivity index is 2.83. The largest absolute Gasteiger partial charge is 0.397 e. The van der Waals surface area contributed by atoms with Gasteiger partial charge in [0.2, 0.25) is 0 Å². The second-order valence-electron chi connectivity index (χ2n) is 3.61. The Morgan fingerprint density at radius 2 is 2.08 bits per heavy atom. The molecular formula is C9H14N2S. The van der Waals surface area contributed by atoms with Gasteiger partial charge < -0.3 is 5.73 Å². The van der Waals surface area contributed by atoms with Crippen LogP contribution in [0.5, 0.6) is 0 Å². The van der Waals surface area contributed by atoms with Gasteiger partial charge in [-0.05, 0) is 12.1 Å². The molecule has 0 saturated carbocycles. The lowest BCUT2D eigenvalue weighted by molar-refractivity contribution is 0.799. The van der Waals surface area contributed by atoms with E-state index in [1.807, 2.05) is 12.1 Å². The lowest BCUT2D eigenvalue weighted by Gasteiger charge is -2.17. The molecule has 2 N–H and O–H groups in total. The molecule has 2 nitrogen and oxygen atoms in total. The maximum atomic E-state index is 5.74. The van der Waals surface area contributed by atoms with Crippen LogP contribution in [0.2, 0.25) is 0 Å². The minimum absolute atomic E-state index is 0.169. The third kappa shape index (κ3) is 2.74. The van der Waals surface area contributed by atoms with Crippen LogP contribution in [0.4, 0.5) is 5.69 Å². The number of thioether (sulfide) groups is 1. The van der Waals surface area contributed by atoms with Crippen LogP contribution in [0.15, 0.2) is 23.4 Å². The number of hydrogen-bond acceptors (Lipinski definition) is 3. The van der Waals surface area contributed by atoms with Crippen LogP contribution in [0.25, 0.3) is 0 Å². The summed E-state index contributed by atoms with van der Waals surface area (Å²) >= 11 is 1.69. The molecule has 0 fully saturated rings. The zero-order valence-electron chi connectivity index (χ0n) is 7.66. The van der Waals surface area contributed by atoms with Crippen molar-refractivity contribution in [2.45, 2.75) is 30.5 Å². The Morgan fingerprint density at radius 3 is 2.58 bits per heavy atom. The fourth-order valence-electron chi connectivity index (χ4n) is 0.779. The zero-order chi connectivity index (χ0) is 9.19. The highest BCUT2D eigenvalue weighted by Gasteiger charge is 2.14. The first-order valence-corrected chi connectivity index (χ1v) is 4.70. The summed E-state index contributed by atoms with van der Waals surface area (Å²) in [5.74, 6) is 0. The number of pyridine rings is 1. The highest BCUT2D eigenvalue weighted by atomic mass is 32.2. The molecule has 0 atom stereocenters. The molecule has 0 aliphatic rings. The fraction of sp³-hybridized carbons (Fsp3) is 0.444. The number of rotatable bonds is 1. The molecule has 66 valence electrons. The molecule has 0 spiro atoms. The van der Waals surface area contributed by atoms with Gasteiger partial charge in [-0.25, -0.2) is 4.98 Å². The molecule has 3 heteroatoms. The highest BCUT2D eigenvalue weighted by Crippen LogP contribution is 2.33. The van der Waals surface area contributed by atoms with Crippen LogP contribution in [-0.2, 0) is 0 Å². The van der Waals surface area contributed by atoms with E-state index in [4.69, 9.17) is 5.73 Å². The first-order chi connectivity index (χ1) is 5.49. The second-order valence-corrected chi connectivity index (χ2v) is 5.43. The predicted octanol–water partition coefficient (Wildman–Crippen LogP) is 2.55. The van der Waals surface area contributed by atoms with Crippen molar-refractivity contribution in [2.75, 3.05) is 5.73 Å². The molecule has 12 heavy (non-hydrogen) atoms. The van der Waals surface area contributed by atoms with E-state index in [1.54, 1.807) is 18.0 Å². The molecular weight excluding hydrogens is 168 g/mol. The van der Waals surface area contributed by atoms with Gasteiger partial charge in [0.15, 0.2) is 0 Å². The van der Waals surface area contributed by atoms with E-state index >= 15 is 0 Å². The van der Waals surface area contributed by atoms with E-state index in [0.29, 0.717) is 0 Å². The van der Waals surface area contributed by atoms with E-state index in [9.17, 15) is 0 Å². The first kappa shape index (κ1) is 9.39. The van der Waals surface area contributed by atoms with Gasteiger partial charge in [-0.3, -0.25) is 0 Å². The number of anilines is 1. The SMILES string of the molecule is CC(C)(C)Sc1ncccc1N. The molecule has 0 aliphatic carbocycles. The maximum Gasteiger partial charge on any atom is 0.119 e. The summed E-state index contributed by atoms with van der Waals surface area (Å²) in [6.45, 7) is 6.43. The molecule has 0 amide bonds. The lowest BCUT2D eigenvalue weighted by atomic mass is 10.3. The van der Waals surface area contributed by atoms with Crippen LogP contribution in [-0.4, -0.2) is 9.73 Å². The molecule has 1 aromatic rings. The summed E-state index contributed by atoms with van der Waals surface area (Å²) in [4.78, 5) is 4.20. The van der Waals surface area contributed by atoms with Crippen molar-refractivity contribution in [1.29, 1.82) is 0 Å². The van der Waals surface area contributed by atoms with Gasteiger partial charge in [0.1, 0.15) is 5.03 Å². The van der Waals surface area contributed by atoms with Crippen molar-refractivity contribution < 1.29 is 0 Å². The number of nitrogens with zero attached hydrogens (tertiary/aromatic N) is 1. The summed E-state index contributed by atoms with van der Waals surface area (Å²) in [5.41, 5.74) is 6.51. The van der Waals surface area contributed by atoms with Gasteiger partial charge >= 0.3 is 0 Å². The zero-order valence-corrected chi connectivity index (χ0v) is 8.48. The molecule has 0 radical (unpaired) electrons. The first-order valence-electron chi connectivity index (χ1n) is 3.88. The fourth-order valence-corrected chi connectivity index (χ4v) is 1.66. The van der Waals surface area contributed by atoms with Crippen molar-refractivity contribution in [2.24, 2.45) is 0 Å². The summed E-state index contributed by atoms with van der Waals surface area (Å²) < 4.78 is 0.169. The number of aromatic nitrogens is 1. The van der Waals surface area contributed by atoms with E-state index in [-0.39, 0.29) is 4.75 Å². The average Bonchev–Trinajstić information content (AvgIpc) is 1.91. The minimum atomic E-state index is 0.169. The molecule has 0 aromatic carbocycles. The van der Waals surface area contributed by atoms with Crippen LogP contribution in [0.3, 0.4) is 0 Å². The van der Waals surface area contributed by atoms with E-state index in [2.05, 4.69) is 25.8 Å². The van der Waals surface area contributed by atoms with Crippen LogP contribution >= 0.6 is 11.8 Å². The normalized spacial score (nSPS) is 11.6. The smallest absolute Gasteiger partial charge is 0.119 e. The summed E-state index contributed by atoms with van der Waals surface area (Å²) in [5, 5.41) is 0.921. The summed E-state index contributed by atoms with van der Waals surface area (Å²) in [6, 6.07) is 3.73. The van der Waals surface area contributed by atoms with Gasteiger partial charge in [0, 0.05) is 10.9 Å². The maximum absolute atomic E-state index is 5.74. The molecule has 0 saturated heterocycles. The van der Waals surface area contributed by atoms with Crippen molar-refractivity contribution in [3.63, 3.8) is 0 Å². The van der Waals surface area contributed by atoms with Crippen molar-refractivity contribution in [1.82, 2.24) is 4.98 Å². The monoisotopic (exact) mass is 182 g/mol. The number of nitrogens with two attached hydrogens (primary N) is 1. The predicted molar refractivity (Wildman–Crippen MR) is 54.3 cm³/mol. The van der Waals surface area contributed by atoms with E-state index in [1.165, 1.54) is 0 Å². The molecule has 1 rings (SSSR count). The van der Waals surface area contributed by atoms with Gasteiger partial charge in [0.05, 0.1) is 5.69 Å². The van der Waals surface area contributed by atoms with Crippen molar-refractivity contribution in [3.05, 3.63) is 18.3 Å². The molecule has 0 unspecified atom stereocenters. The topological polar surface area (TPSA) is 38.9 Å². The summed E-state index contributed by atoms with van der Waals surface area (Å²) in [6.07, 6.45) is 1.77. The Kier molecular flexibility index (Phi) is 2.62. The van der Waals surface area contributed by atoms with Crippen LogP contribution in [0.1, 0.15) is 20.8 Å². The summed E-state index contributed by atoms with van der Waals surface area (Å²) in [7, 11) is 0. The Labute approximate surface area is 77.6 Å². The van der Waals surface area contributed by atoms with E-state index in [0.717, 1.165) is 10.7 Å². The lowest BCUT2D eigenvalue weighted by Crippen LogP contribution is -2.08.